The number of allylic oxidation sites excluding steroid dienone is 1. The molecule has 174 valence electrons. The Hall–Kier alpha value is -3.03. The predicted octanol–water partition coefficient (Wildman–Crippen LogP) is 6.57. The Labute approximate surface area is 198 Å². The first-order chi connectivity index (χ1) is 16.5. The molecule has 0 atom stereocenters. The standard InChI is InChI=1S/C27H24BF3O3/c1-2-3-4-17-14-32-27(33-15-17)20-9-10-21(23(29)13-20)18-5-7-19(8-6-18)22-11-12-24(34-16-28)26(31)25(22)30/h2,5-13,17,27H,1,3-4,14-16H2. The summed E-state index contributed by atoms with van der Waals surface area (Å²) in [5.74, 6) is -2.51. The lowest BCUT2D eigenvalue weighted by atomic mass is 9.98. The second-order valence-corrected chi connectivity index (χ2v) is 8.10. The Morgan fingerprint density at radius 1 is 0.912 bits per heavy atom. The van der Waals surface area contributed by atoms with Gasteiger partial charge in [-0.1, -0.05) is 42.5 Å². The van der Waals surface area contributed by atoms with Crippen LogP contribution in [0.5, 0.6) is 5.75 Å². The van der Waals surface area contributed by atoms with Crippen LogP contribution >= 0.6 is 0 Å². The normalized spacial score (nSPS) is 18.0. The van der Waals surface area contributed by atoms with Crippen LogP contribution in [0.25, 0.3) is 22.3 Å². The van der Waals surface area contributed by atoms with E-state index in [9.17, 15) is 13.2 Å². The molecule has 0 unspecified atom stereocenters. The minimum Gasteiger partial charge on any atom is -0.500 e. The molecule has 2 radical (unpaired) electrons. The SMILES string of the molecule is [B]COc1ccc(-c2ccc(-c3ccc(C4OCC(CCC=C)CO4)cc3F)cc2)c(F)c1F. The summed E-state index contributed by atoms with van der Waals surface area (Å²) in [4.78, 5) is 0. The Kier molecular flexibility index (Phi) is 7.75. The van der Waals surface area contributed by atoms with E-state index < -0.39 is 23.7 Å². The summed E-state index contributed by atoms with van der Waals surface area (Å²) < 4.78 is 60.0. The van der Waals surface area contributed by atoms with Crippen LogP contribution in [0, 0.1) is 23.4 Å². The van der Waals surface area contributed by atoms with E-state index >= 15 is 0 Å². The maximum Gasteiger partial charge on any atom is 0.201 e. The molecular weight excluding hydrogens is 440 g/mol. The average molecular weight is 464 g/mol. The van der Waals surface area contributed by atoms with Crippen LogP contribution in [0.15, 0.2) is 67.3 Å². The van der Waals surface area contributed by atoms with E-state index in [1.807, 2.05) is 6.08 Å². The highest BCUT2D eigenvalue weighted by Crippen LogP contribution is 2.33. The summed E-state index contributed by atoms with van der Waals surface area (Å²) in [6.45, 7) is 4.57. The average Bonchev–Trinajstić information content (AvgIpc) is 2.86. The van der Waals surface area contributed by atoms with E-state index in [2.05, 4.69) is 6.58 Å². The molecule has 3 aromatic rings. The third-order valence-electron chi connectivity index (χ3n) is 5.80. The Morgan fingerprint density at radius 2 is 1.56 bits per heavy atom. The zero-order valence-corrected chi connectivity index (χ0v) is 18.6. The molecule has 0 spiro atoms. The fourth-order valence-electron chi connectivity index (χ4n) is 3.95. The number of benzene rings is 3. The van der Waals surface area contributed by atoms with Crippen molar-refractivity contribution in [1.29, 1.82) is 0 Å². The molecule has 0 amide bonds. The van der Waals surface area contributed by atoms with Gasteiger partial charge in [-0.3, -0.25) is 0 Å². The number of rotatable bonds is 8. The third kappa shape index (κ3) is 5.21. The van der Waals surface area contributed by atoms with Crippen molar-refractivity contribution >= 4 is 7.85 Å². The van der Waals surface area contributed by atoms with Crippen LogP contribution in [0.4, 0.5) is 13.2 Å². The quantitative estimate of drug-likeness (QED) is 0.279. The van der Waals surface area contributed by atoms with E-state index in [4.69, 9.17) is 22.1 Å². The van der Waals surface area contributed by atoms with Crippen LogP contribution in [-0.4, -0.2) is 27.6 Å². The summed E-state index contributed by atoms with van der Waals surface area (Å²) in [5.41, 5.74) is 2.12. The van der Waals surface area contributed by atoms with Crippen LogP contribution in [-0.2, 0) is 9.47 Å². The molecule has 7 heteroatoms. The molecule has 1 saturated heterocycles. The maximum atomic E-state index is 14.9. The lowest BCUT2D eigenvalue weighted by Gasteiger charge is -2.29. The summed E-state index contributed by atoms with van der Waals surface area (Å²) in [6.07, 6.45) is 3.12. The summed E-state index contributed by atoms with van der Waals surface area (Å²) >= 11 is 0. The number of hydrogen-bond acceptors (Lipinski definition) is 3. The molecule has 3 aromatic carbocycles. The van der Waals surface area contributed by atoms with Crippen LogP contribution in [0.3, 0.4) is 0 Å². The first-order valence-corrected chi connectivity index (χ1v) is 11.1. The highest BCUT2D eigenvalue weighted by Gasteiger charge is 2.24. The molecule has 0 aromatic heterocycles. The van der Waals surface area contributed by atoms with Crippen molar-refractivity contribution in [2.75, 3.05) is 19.7 Å². The number of hydrogen-bond donors (Lipinski definition) is 0. The number of halogens is 3. The van der Waals surface area contributed by atoms with Crippen molar-refractivity contribution in [2.45, 2.75) is 19.1 Å². The van der Waals surface area contributed by atoms with Crippen molar-refractivity contribution in [2.24, 2.45) is 5.92 Å². The molecule has 4 rings (SSSR count). The topological polar surface area (TPSA) is 27.7 Å². The van der Waals surface area contributed by atoms with Gasteiger partial charge < -0.3 is 14.2 Å². The smallest absolute Gasteiger partial charge is 0.201 e. The van der Waals surface area contributed by atoms with E-state index in [1.54, 1.807) is 36.4 Å². The van der Waals surface area contributed by atoms with E-state index in [0.29, 0.717) is 41.4 Å². The molecule has 1 aliphatic rings. The van der Waals surface area contributed by atoms with Gasteiger partial charge in [0.15, 0.2) is 17.9 Å². The third-order valence-corrected chi connectivity index (χ3v) is 5.80. The highest BCUT2D eigenvalue weighted by molar-refractivity contribution is 6.08. The van der Waals surface area contributed by atoms with Gasteiger partial charge in [0.05, 0.1) is 13.2 Å². The molecule has 0 aliphatic carbocycles. The van der Waals surface area contributed by atoms with Gasteiger partial charge in [-0.15, -0.1) is 6.58 Å². The molecule has 1 fully saturated rings. The Bertz CT molecular complexity index is 1140. The first-order valence-electron chi connectivity index (χ1n) is 11.1. The van der Waals surface area contributed by atoms with Crippen LogP contribution in [0.2, 0.25) is 0 Å². The largest absolute Gasteiger partial charge is 0.500 e. The van der Waals surface area contributed by atoms with Crippen LogP contribution < -0.4 is 4.74 Å². The van der Waals surface area contributed by atoms with E-state index in [1.165, 1.54) is 18.2 Å². The zero-order chi connectivity index (χ0) is 24.1. The second-order valence-electron chi connectivity index (χ2n) is 8.10. The van der Waals surface area contributed by atoms with Crippen molar-refractivity contribution in [3.8, 4) is 28.0 Å². The predicted molar refractivity (Wildman–Crippen MR) is 126 cm³/mol. The molecule has 1 aliphatic heterocycles. The fraction of sp³-hybridized carbons (Fsp3) is 0.259. The minimum atomic E-state index is -1.10. The van der Waals surface area contributed by atoms with E-state index in [0.717, 1.165) is 12.8 Å². The first kappa shape index (κ1) is 24.1. The summed E-state index contributed by atoms with van der Waals surface area (Å²) in [7, 11) is 5.23. The van der Waals surface area contributed by atoms with Gasteiger partial charge in [0.25, 0.3) is 0 Å². The summed E-state index contributed by atoms with van der Waals surface area (Å²) in [5, 5.41) is 0. The van der Waals surface area contributed by atoms with Crippen LogP contribution in [0.1, 0.15) is 24.7 Å². The summed E-state index contributed by atoms with van der Waals surface area (Å²) in [6, 6.07) is 14.1. The van der Waals surface area contributed by atoms with Gasteiger partial charge in [-0.2, -0.15) is 4.39 Å². The Balaban J connectivity index is 1.48. The van der Waals surface area contributed by atoms with Gasteiger partial charge in [0, 0.05) is 29.1 Å². The van der Waals surface area contributed by atoms with Gasteiger partial charge >= 0.3 is 0 Å². The fourth-order valence-corrected chi connectivity index (χ4v) is 3.95. The minimum absolute atomic E-state index is 0.0715. The van der Waals surface area contributed by atoms with Crippen molar-refractivity contribution < 1.29 is 27.4 Å². The molecule has 0 saturated carbocycles. The van der Waals surface area contributed by atoms with E-state index in [-0.39, 0.29) is 17.8 Å². The molecule has 0 bridgehead atoms. The van der Waals surface area contributed by atoms with Gasteiger partial charge in [0.1, 0.15) is 13.7 Å². The molecule has 0 N–H and O–H groups in total. The maximum absolute atomic E-state index is 14.9. The highest BCUT2D eigenvalue weighted by atomic mass is 19.2. The second kappa shape index (κ2) is 10.9. The molecular formula is C27H24BF3O3. The lowest BCUT2D eigenvalue weighted by Crippen LogP contribution is -2.27. The molecule has 34 heavy (non-hydrogen) atoms. The van der Waals surface area contributed by atoms with Crippen molar-refractivity contribution in [3.05, 3.63) is 90.3 Å². The zero-order valence-electron chi connectivity index (χ0n) is 18.6. The van der Waals surface area contributed by atoms with Crippen molar-refractivity contribution in [1.82, 2.24) is 0 Å². The van der Waals surface area contributed by atoms with Gasteiger partial charge in [-0.05, 0) is 42.2 Å². The van der Waals surface area contributed by atoms with Crippen molar-refractivity contribution in [3.63, 3.8) is 0 Å². The van der Waals surface area contributed by atoms with Gasteiger partial charge in [-0.25, -0.2) is 8.78 Å². The Morgan fingerprint density at radius 3 is 2.18 bits per heavy atom. The monoisotopic (exact) mass is 464 g/mol. The molecule has 1 heterocycles. The molecule has 3 nitrogen and oxygen atoms in total. The number of ether oxygens (including phenoxy) is 3. The lowest BCUT2D eigenvalue weighted by molar-refractivity contribution is -0.205. The van der Waals surface area contributed by atoms with Gasteiger partial charge in [0.2, 0.25) is 5.82 Å².